The molecule has 0 heterocycles. The van der Waals surface area contributed by atoms with Gasteiger partial charge >= 0.3 is 11.9 Å². The lowest BCUT2D eigenvalue weighted by Gasteiger charge is -2.14. The number of carbonyl (C=O) groups excluding carboxylic acids is 2. The van der Waals surface area contributed by atoms with E-state index in [1.54, 1.807) is 13.8 Å². The Labute approximate surface area is 162 Å². The summed E-state index contributed by atoms with van der Waals surface area (Å²) in [5.41, 5.74) is 0.0978. The van der Waals surface area contributed by atoms with Gasteiger partial charge in [0, 0.05) is 0 Å². The topological polar surface area (TPSA) is 98.8 Å². The lowest BCUT2D eigenvalue weighted by atomic mass is 10.2. The summed E-state index contributed by atoms with van der Waals surface area (Å²) in [6, 6.07) is 9.03. The van der Waals surface area contributed by atoms with Crippen LogP contribution in [0.5, 0.6) is 0 Å². The number of rotatable bonds is 7. The first-order chi connectivity index (χ1) is 13.1. The second kappa shape index (κ2) is 8.83. The maximum atomic E-state index is 13.2. The van der Waals surface area contributed by atoms with Crippen molar-refractivity contribution in [3.8, 4) is 0 Å². The molecule has 150 valence electrons. The molecule has 0 radical (unpaired) electrons. The van der Waals surface area contributed by atoms with E-state index in [1.807, 2.05) is 0 Å². The van der Waals surface area contributed by atoms with Crippen LogP contribution in [-0.4, -0.2) is 33.1 Å². The van der Waals surface area contributed by atoms with Gasteiger partial charge in [0.15, 0.2) is 6.61 Å². The van der Waals surface area contributed by atoms with E-state index in [4.69, 9.17) is 9.47 Å². The molecular weight excluding hydrogens is 389 g/mol. The minimum Gasteiger partial charge on any atom is -0.460 e. The summed E-state index contributed by atoms with van der Waals surface area (Å²) >= 11 is 0. The number of esters is 2. The van der Waals surface area contributed by atoms with Crippen molar-refractivity contribution in [2.24, 2.45) is 0 Å². The predicted octanol–water partition coefficient (Wildman–Crippen LogP) is 3.04. The number of carbonyl (C=O) groups is 2. The summed E-state index contributed by atoms with van der Waals surface area (Å²) in [5.74, 6) is -2.17. The molecule has 0 saturated heterocycles. The average Bonchev–Trinajstić information content (AvgIpc) is 2.59. The molecule has 0 spiro atoms. The number of nitrogens with one attached hydrogen (secondary N) is 1. The maximum absolute atomic E-state index is 13.2. The van der Waals surface area contributed by atoms with E-state index in [0.29, 0.717) is 0 Å². The van der Waals surface area contributed by atoms with E-state index < -0.39 is 34.4 Å². The van der Waals surface area contributed by atoms with Gasteiger partial charge in [-0.2, -0.15) is 0 Å². The number of hydrogen-bond donors (Lipinski definition) is 1. The minimum absolute atomic E-state index is 0.0338. The molecule has 2 aromatic carbocycles. The van der Waals surface area contributed by atoms with Crippen LogP contribution in [0.25, 0.3) is 0 Å². The third-order valence-corrected chi connectivity index (χ3v) is 5.03. The Morgan fingerprint density at radius 3 is 2.46 bits per heavy atom. The van der Waals surface area contributed by atoms with Gasteiger partial charge < -0.3 is 9.47 Å². The number of aryl methyl sites for hydroxylation is 1. The van der Waals surface area contributed by atoms with Gasteiger partial charge in [0.05, 0.1) is 22.3 Å². The van der Waals surface area contributed by atoms with Gasteiger partial charge in [-0.05, 0) is 56.7 Å². The van der Waals surface area contributed by atoms with Crippen molar-refractivity contribution in [1.82, 2.24) is 0 Å². The molecule has 0 aliphatic heterocycles. The Bertz CT molecular complexity index is 988. The van der Waals surface area contributed by atoms with Crippen molar-refractivity contribution in [1.29, 1.82) is 0 Å². The van der Waals surface area contributed by atoms with Gasteiger partial charge in [0.2, 0.25) is 0 Å². The highest BCUT2D eigenvalue weighted by molar-refractivity contribution is 7.92. The molecule has 2 rings (SSSR count). The average molecular weight is 409 g/mol. The number of benzene rings is 2. The van der Waals surface area contributed by atoms with E-state index in [2.05, 4.69) is 4.72 Å². The van der Waals surface area contributed by atoms with Crippen LogP contribution in [0.2, 0.25) is 0 Å². The molecule has 0 atom stereocenters. The summed E-state index contributed by atoms with van der Waals surface area (Å²) in [4.78, 5) is 23.7. The zero-order valence-electron chi connectivity index (χ0n) is 15.6. The molecule has 0 aliphatic rings. The van der Waals surface area contributed by atoms with E-state index in [9.17, 15) is 22.4 Å². The quantitative estimate of drug-likeness (QED) is 0.706. The predicted molar refractivity (Wildman–Crippen MR) is 99.9 cm³/mol. The highest BCUT2D eigenvalue weighted by atomic mass is 32.2. The fourth-order valence-electron chi connectivity index (χ4n) is 2.36. The van der Waals surface area contributed by atoms with Gasteiger partial charge in [0.1, 0.15) is 5.82 Å². The Balaban J connectivity index is 2.21. The first-order valence-electron chi connectivity index (χ1n) is 8.35. The van der Waals surface area contributed by atoms with Gasteiger partial charge in [-0.25, -0.2) is 22.4 Å². The summed E-state index contributed by atoms with van der Waals surface area (Å²) in [7, 11) is -4.08. The molecule has 0 amide bonds. The zero-order chi connectivity index (χ0) is 20.9. The van der Waals surface area contributed by atoms with Crippen LogP contribution in [-0.2, 0) is 24.3 Å². The summed E-state index contributed by atoms with van der Waals surface area (Å²) in [6.07, 6.45) is -0.357. The number of anilines is 1. The van der Waals surface area contributed by atoms with Crippen LogP contribution in [0.15, 0.2) is 47.4 Å². The van der Waals surface area contributed by atoms with Crippen LogP contribution >= 0.6 is 0 Å². The van der Waals surface area contributed by atoms with Gasteiger partial charge in [-0.3, -0.25) is 4.72 Å². The van der Waals surface area contributed by atoms with Crippen LogP contribution in [0, 0.1) is 12.7 Å². The lowest BCUT2D eigenvalue weighted by Crippen LogP contribution is -2.21. The third kappa shape index (κ3) is 5.53. The number of para-hydroxylation sites is 1. The number of halogens is 1. The van der Waals surface area contributed by atoms with Gasteiger partial charge in [-0.1, -0.05) is 12.1 Å². The number of sulfonamides is 1. The van der Waals surface area contributed by atoms with Crippen LogP contribution in [0.1, 0.15) is 29.8 Å². The first-order valence-corrected chi connectivity index (χ1v) is 9.83. The van der Waals surface area contributed by atoms with E-state index in [1.165, 1.54) is 31.2 Å². The first kappa shape index (κ1) is 21.4. The standard InChI is InChI=1S/C19H20FNO6S/c1-12(2)27-18(22)11-26-19(23)15-6-4-5-7-16(15)21-28(24,25)17-9-8-14(20)10-13(17)3/h4-10,12,21H,11H2,1-3H3. The van der Waals surface area contributed by atoms with Crippen LogP contribution < -0.4 is 4.72 Å². The van der Waals surface area contributed by atoms with Crippen molar-refractivity contribution in [2.45, 2.75) is 31.8 Å². The van der Waals surface area contributed by atoms with Crippen molar-refractivity contribution >= 4 is 27.6 Å². The van der Waals surface area contributed by atoms with Gasteiger partial charge in [-0.15, -0.1) is 0 Å². The Hall–Kier alpha value is -2.94. The fourth-order valence-corrected chi connectivity index (χ4v) is 3.67. The molecule has 0 aliphatic carbocycles. The largest absolute Gasteiger partial charge is 0.460 e. The molecule has 9 heteroatoms. The maximum Gasteiger partial charge on any atom is 0.344 e. The summed E-state index contributed by atoms with van der Waals surface area (Å²) in [6.45, 7) is 4.16. The SMILES string of the molecule is Cc1cc(F)ccc1S(=O)(=O)Nc1ccccc1C(=O)OCC(=O)OC(C)C. The third-order valence-electron chi connectivity index (χ3n) is 3.51. The monoisotopic (exact) mass is 409 g/mol. The molecular formula is C19H20FNO6S. The summed E-state index contributed by atoms with van der Waals surface area (Å²) in [5, 5.41) is 0. The molecule has 1 N–H and O–H groups in total. The van der Waals surface area contributed by atoms with E-state index >= 15 is 0 Å². The lowest BCUT2D eigenvalue weighted by molar-refractivity contribution is -0.150. The normalized spacial score (nSPS) is 11.2. The molecule has 7 nitrogen and oxygen atoms in total. The number of hydrogen-bond acceptors (Lipinski definition) is 6. The molecule has 0 saturated carbocycles. The molecule has 0 fully saturated rings. The highest BCUT2D eigenvalue weighted by Gasteiger charge is 2.22. The Morgan fingerprint density at radius 2 is 1.82 bits per heavy atom. The van der Waals surface area contributed by atoms with E-state index in [0.717, 1.165) is 18.2 Å². The Kier molecular flexibility index (Phi) is 6.74. The van der Waals surface area contributed by atoms with Crippen LogP contribution in [0.3, 0.4) is 0 Å². The smallest absolute Gasteiger partial charge is 0.344 e. The summed E-state index contributed by atoms with van der Waals surface area (Å²) < 4.78 is 50.6. The van der Waals surface area contributed by atoms with Crippen molar-refractivity contribution in [3.63, 3.8) is 0 Å². The molecule has 2 aromatic rings. The molecule has 28 heavy (non-hydrogen) atoms. The van der Waals surface area contributed by atoms with Crippen molar-refractivity contribution in [2.75, 3.05) is 11.3 Å². The second-order valence-corrected chi connectivity index (χ2v) is 7.83. The van der Waals surface area contributed by atoms with Crippen LogP contribution in [0.4, 0.5) is 10.1 Å². The van der Waals surface area contributed by atoms with Gasteiger partial charge in [0.25, 0.3) is 10.0 Å². The Morgan fingerprint density at radius 1 is 1.14 bits per heavy atom. The molecule has 0 unspecified atom stereocenters. The minimum atomic E-state index is -4.08. The second-order valence-electron chi connectivity index (χ2n) is 6.18. The molecule has 0 bridgehead atoms. The number of ether oxygens (including phenoxy) is 2. The molecule has 0 aromatic heterocycles. The van der Waals surface area contributed by atoms with Crippen molar-refractivity contribution in [3.05, 3.63) is 59.4 Å². The highest BCUT2D eigenvalue weighted by Crippen LogP contribution is 2.23. The van der Waals surface area contributed by atoms with E-state index in [-0.39, 0.29) is 27.8 Å². The fraction of sp³-hybridized carbons (Fsp3) is 0.263. The van der Waals surface area contributed by atoms with Crippen molar-refractivity contribution < 1.29 is 31.9 Å². The zero-order valence-corrected chi connectivity index (χ0v) is 16.4.